The molecule has 2 N–H and O–H groups in total. The maximum Gasteiger partial charge on any atom is 0.191 e. The van der Waals surface area contributed by atoms with E-state index in [0.717, 1.165) is 31.2 Å². The molecule has 0 aliphatic carbocycles. The van der Waals surface area contributed by atoms with Crippen LogP contribution in [0.15, 0.2) is 29.4 Å². The van der Waals surface area contributed by atoms with Crippen LogP contribution in [0.1, 0.15) is 52.1 Å². The Bertz CT molecular complexity index is 395. The molecule has 1 atom stereocenters. The molecule has 0 amide bonds. The van der Waals surface area contributed by atoms with E-state index in [9.17, 15) is 0 Å². The maximum atomic E-state index is 4.63. The Morgan fingerprint density at radius 3 is 2.73 bits per heavy atom. The highest BCUT2D eigenvalue weighted by molar-refractivity contribution is 14.0. The molecule has 1 rings (SSSR count). The molecular weight excluding hydrogens is 387 g/mol. The largest absolute Gasteiger partial charge is 0.357 e. The van der Waals surface area contributed by atoms with Crippen LogP contribution >= 0.6 is 24.0 Å². The van der Waals surface area contributed by atoms with Crippen LogP contribution in [0.2, 0.25) is 0 Å². The molecule has 0 aliphatic heterocycles. The van der Waals surface area contributed by atoms with E-state index < -0.39 is 0 Å². The predicted molar refractivity (Wildman–Crippen MR) is 106 cm³/mol. The Labute approximate surface area is 152 Å². The van der Waals surface area contributed by atoms with Gasteiger partial charge >= 0.3 is 0 Å². The Hall–Kier alpha value is -0.850. The van der Waals surface area contributed by atoms with Gasteiger partial charge in [0.2, 0.25) is 0 Å². The van der Waals surface area contributed by atoms with Gasteiger partial charge in [0.05, 0.1) is 0 Å². The van der Waals surface area contributed by atoms with Crippen molar-refractivity contribution in [3.05, 3.63) is 30.1 Å². The fourth-order valence-corrected chi connectivity index (χ4v) is 2.15. The van der Waals surface area contributed by atoms with E-state index in [1.54, 1.807) is 0 Å². The summed E-state index contributed by atoms with van der Waals surface area (Å²) in [6.45, 7) is 8.20. The van der Waals surface area contributed by atoms with Crippen LogP contribution in [0.4, 0.5) is 0 Å². The zero-order valence-electron chi connectivity index (χ0n) is 14.1. The van der Waals surface area contributed by atoms with Crippen molar-refractivity contribution >= 4 is 29.9 Å². The molecule has 0 saturated heterocycles. The van der Waals surface area contributed by atoms with Crippen molar-refractivity contribution in [3.8, 4) is 0 Å². The van der Waals surface area contributed by atoms with Gasteiger partial charge in [-0.05, 0) is 32.4 Å². The van der Waals surface area contributed by atoms with Gasteiger partial charge in [0.1, 0.15) is 0 Å². The van der Waals surface area contributed by atoms with Crippen molar-refractivity contribution in [3.63, 3.8) is 0 Å². The van der Waals surface area contributed by atoms with Crippen molar-refractivity contribution in [2.24, 2.45) is 4.99 Å². The first-order chi connectivity index (χ1) is 10.3. The third-order valence-electron chi connectivity index (χ3n) is 3.33. The minimum Gasteiger partial charge on any atom is -0.357 e. The van der Waals surface area contributed by atoms with Crippen molar-refractivity contribution < 1.29 is 0 Å². The minimum atomic E-state index is 0. The molecule has 126 valence electrons. The summed E-state index contributed by atoms with van der Waals surface area (Å²) in [5, 5.41) is 6.79. The molecule has 1 aromatic heterocycles. The number of halogens is 1. The number of aromatic nitrogens is 1. The third kappa shape index (κ3) is 9.97. The van der Waals surface area contributed by atoms with Gasteiger partial charge in [-0.2, -0.15) is 0 Å². The Morgan fingerprint density at radius 1 is 1.27 bits per heavy atom. The first kappa shape index (κ1) is 21.1. The lowest BCUT2D eigenvalue weighted by atomic mass is 10.1. The summed E-state index contributed by atoms with van der Waals surface area (Å²) in [4.78, 5) is 8.95. The molecule has 0 aromatic carbocycles. The second-order valence-electron chi connectivity index (χ2n) is 5.37. The summed E-state index contributed by atoms with van der Waals surface area (Å²) in [5.41, 5.74) is 1.09. The smallest absolute Gasteiger partial charge is 0.191 e. The number of pyridine rings is 1. The predicted octanol–water partition coefficient (Wildman–Crippen LogP) is 3.77. The molecular formula is C17H31IN4. The molecule has 22 heavy (non-hydrogen) atoms. The summed E-state index contributed by atoms with van der Waals surface area (Å²) in [6.07, 6.45) is 7.75. The van der Waals surface area contributed by atoms with Crippen LogP contribution in [0.5, 0.6) is 0 Å². The fraction of sp³-hybridized carbons (Fsp3) is 0.647. The Kier molecular flexibility index (Phi) is 13.3. The first-order valence-electron chi connectivity index (χ1n) is 8.21. The topological polar surface area (TPSA) is 49.3 Å². The molecule has 4 nitrogen and oxygen atoms in total. The molecule has 1 heterocycles. The average Bonchev–Trinajstić information content (AvgIpc) is 2.49. The zero-order chi connectivity index (χ0) is 15.3. The van der Waals surface area contributed by atoms with E-state index in [1.807, 2.05) is 24.4 Å². The lowest BCUT2D eigenvalue weighted by Gasteiger charge is -2.17. The molecule has 0 radical (unpaired) electrons. The lowest BCUT2D eigenvalue weighted by Crippen LogP contribution is -2.42. The molecule has 0 saturated carbocycles. The zero-order valence-corrected chi connectivity index (χ0v) is 16.5. The van der Waals surface area contributed by atoms with E-state index in [4.69, 9.17) is 0 Å². The molecule has 0 fully saturated rings. The number of nitrogens with one attached hydrogen (secondary N) is 2. The van der Waals surface area contributed by atoms with Crippen LogP contribution in [0.3, 0.4) is 0 Å². The SMILES string of the molecule is CCCCCC(C)NC(=NCCc1ccccn1)NCC.I. The van der Waals surface area contributed by atoms with Gasteiger partial charge in [0.15, 0.2) is 5.96 Å². The van der Waals surface area contributed by atoms with E-state index in [-0.39, 0.29) is 24.0 Å². The number of hydrogen-bond acceptors (Lipinski definition) is 2. The van der Waals surface area contributed by atoms with Crippen LogP contribution in [0, 0.1) is 0 Å². The number of guanidine groups is 1. The van der Waals surface area contributed by atoms with Gasteiger partial charge in [0, 0.05) is 37.4 Å². The molecule has 1 aromatic rings. The van der Waals surface area contributed by atoms with Crippen molar-refractivity contribution in [2.75, 3.05) is 13.1 Å². The first-order valence-corrected chi connectivity index (χ1v) is 8.21. The molecule has 0 aliphatic rings. The highest BCUT2D eigenvalue weighted by Crippen LogP contribution is 2.02. The summed E-state index contributed by atoms with van der Waals surface area (Å²) in [7, 11) is 0. The molecule has 0 spiro atoms. The normalized spacial score (nSPS) is 12.4. The van der Waals surface area contributed by atoms with Crippen LogP contribution in [-0.4, -0.2) is 30.1 Å². The standard InChI is InChI=1S/C17H30N4.HI/c1-4-6-7-10-15(3)21-17(18-5-2)20-14-12-16-11-8-9-13-19-16;/h8-9,11,13,15H,4-7,10,12,14H2,1-3H3,(H2,18,20,21);1H. The van der Waals surface area contributed by atoms with E-state index in [2.05, 4.69) is 41.4 Å². The Balaban J connectivity index is 0.00000441. The van der Waals surface area contributed by atoms with Crippen molar-refractivity contribution in [1.82, 2.24) is 15.6 Å². The van der Waals surface area contributed by atoms with Gasteiger partial charge in [-0.15, -0.1) is 24.0 Å². The average molecular weight is 418 g/mol. The molecule has 0 bridgehead atoms. The number of unbranched alkanes of at least 4 members (excludes halogenated alkanes) is 2. The van der Waals surface area contributed by atoms with Crippen molar-refractivity contribution in [1.29, 1.82) is 0 Å². The van der Waals surface area contributed by atoms with Gasteiger partial charge in [-0.25, -0.2) is 0 Å². The van der Waals surface area contributed by atoms with Crippen LogP contribution < -0.4 is 10.6 Å². The summed E-state index contributed by atoms with van der Waals surface area (Å²) in [5.74, 6) is 0.914. The summed E-state index contributed by atoms with van der Waals surface area (Å²) < 4.78 is 0. The van der Waals surface area contributed by atoms with Gasteiger partial charge < -0.3 is 10.6 Å². The third-order valence-corrected chi connectivity index (χ3v) is 3.33. The number of rotatable bonds is 9. The summed E-state index contributed by atoms with van der Waals surface area (Å²) in [6, 6.07) is 6.47. The van der Waals surface area contributed by atoms with Gasteiger partial charge in [0.25, 0.3) is 0 Å². The monoisotopic (exact) mass is 418 g/mol. The van der Waals surface area contributed by atoms with E-state index in [1.165, 1.54) is 25.7 Å². The quantitative estimate of drug-likeness (QED) is 0.278. The van der Waals surface area contributed by atoms with Gasteiger partial charge in [-0.3, -0.25) is 9.98 Å². The van der Waals surface area contributed by atoms with Crippen LogP contribution in [0.25, 0.3) is 0 Å². The van der Waals surface area contributed by atoms with E-state index in [0.29, 0.717) is 6.04 Å². The highest BCUT2D eigenvalue weighted by atomic mass is 127. The van der Waals surface area contributed by atoms with Crippen molar-refractivity contribution in [2.45, 2.75) is 58.9 Å². The maximum absolute atomic E-state index is 4.63. The molecule has 5 heteroatoms. The second-order valence-corrected chi connectivity index (χ2v) is 5.37. The number of nitrogens with zero attached hydrogens (tertiary/aromatic N) is 2. The highest BCUT2D eigenvalue weighted by Gasteiger charge is 2.04. The molecule has 1 unspecified atom stereocenters. The van der Waals surface area contributed by atoms with Crippen LogP contribution in [-0.2, 0) is 6.42 Å². The lowest BCUT2D eigenvalue weighted by molar-refractivity contribution is 0.547. The summed E-state index contributed by atoms with van der Waals surface area (Å²) >= 11 is 0. The Morgan fingerprint density at radius 2 is 2.09 bits per heavy atom. The second kappa shape index (κ2) is 13.8. The number of hydrogen-bond donors (Lipinski definition) is 2. The minimum absolute atomic E-state index is 0. The van der Waals surface area contributed by atoms with Gasteiger partial charge in [-0.1, -0.05) is 32.3 Å². The fourth-order valence-electron chi connectivity index (χ4n) is 2.15. The number of aliphatic imine (C=N–C) groups is 1. The van der Waals surface area contributed by atoms with E-state index >= 15 is 0 Å².